The molecule has 0 aliphatic heterocycles. The van der Waals surface area contributed by atoms with Crippen molar-refractivity contribution in [2.75, 3.05) is 13.7 Å². The maximum absolute atomic E-state index is 11.8. The third-order valence-electron chi connectivity index (χ3n) is 3.03. The second kappa shape index (κ2) is 5.82. The molecule has 0 amide bonds. The van der Waals surface area contributed by atoms with Gasteiger partial charge in [-0.3, -0.25) is 9.48 Å². The lowest BCUT2D eigenvalue weighted by Crippen LogP contribution is -2.49. The van der Waals surface area contributed by atoms with Crippen LogP contribution in [0.3, 0.4) is 0 Å². The minimum atomic E-state index is -0.658. The van der Waals surface area contributed by atoms with Crippen LogP contribution in [0.25, 0.3) is 0 Å². The molecular weight excluding hydrogens is 218 g/mol. The molecule has 1 N–H and O–H groups in total. The van der Waals surface area contributed by atoms with E-state index in [-0.39, 0.29) is 5.97 Å². The number of nitrogens with zero attached hydrogens (tertiary/aromatic N) is 2. The Morgan fingerprint density at radius 3 is 2.82 bits per heavy atom. The predicted molar refractivity (Wildman–Crippen MR) is 65.7 cm³/mol. The number of carbonyl (C=O) groups excluding carboxylic acids is 1. The second-order valence-corrected chi connectivity index (χ2v) is 4.25. The molecule has 0 radical (unpaired) electrons. The van der Waals surface area contributed by atoms with E-state index in [2.05, 4.69) is 10.4 Å². The Balaban J connectivity index is 2.63. The Kier molecular flexibility index (Phi) is 4.69. The van der Waals surface area contributed by atoms with E-state index in [1.54, 1.807) is 13.2 Å². The van der Waals surface area contributed by atoms with E-state index < -0.39 is 5.54 Å². The molecule has 0 aromatic carbocycles. The third-order valence-corrected chi connectivity index (χ3v) is 3.03. The number of aryl methyl sites for hydroxylation is 2. The van der Waals surface area contributed by atoms with E-state index in [0.717, 1.165) is 5.69 Å². The minimum Gasteiger partial charge on any atom is -0.465 e. The van der Waals surface area contributed by atoms with E-state index in [1.807, 2.05) is 31.5 Å². The van der Waals surface area contributed by atoms with Crippen LogP contribution in [0.4, 0.5) is 0 Å². The first-order chi connectivity index (χ1) is 8.03. The van der Waals surface area contributed by atoms with E-state index in [9.17, 15) is 4.79 Å². The summed E-state index contributed by atoms with van der Waals surface area (Å²) in [4.78, 5) is 11.8. The Morgan fingerprint density at radius 1 is 1.65 bits per heavy atom. The molecule has 5 nitrogen and oxygen atoms in total. The van der Waals surface area contributed by atoms with E-state index in [4.69, 9.17) is 4.74 Å². The number of ether oxygens (including phenoxy) is 1. The molecule has 1 rings (SSSR count). The molecule has 5 heteroatoms. The first kappa shape index (κ1) is 13.7. The van der Waals surface area contributed by atoms with Gasteiger partial charge in [0.1, 0.15) is 5.54 Å². The summed E-state index contributed by atoms with van der Waals surface area (Å²) in [5, 5.41) is 7.22. The molecule has 0 aliphatic rings. The first-order valence-electron chi connectivity index (χ1n) is 5.88. The fraction of sp³-hybridized carbons (Fsp3) is 0.667. The van der Waals surface area contributed by atoms with Crippen LogP contribution in [0.15, 0.2) is 12.3 Å². The lowest BCUT2D eigenvalue weighted by atomic mass is 9.98. The maximum Gasteiger partial charge on any atom is 0.326 e. The van der Waals surface area contributed by atoms with Gasteiger partial charge in [0.05, 0.1) is 6.61 Å². The molecule has 1 heterocycles. The topological polar surface area (TPSA) is 56.2 Å². The molecule has 17 heavy (non-hydrogen) atoms. The molecule has 1 aromatic heterocycles. The van der Waals surface area contributed by atoms with Crippen molar-refractivity contribution in [1.29, 1.82) is 0 Å². The fourth-order valence-electron chi connectivity index (χ4n) is 1.58. The molecule has 0 saturated heterocycles. The quantitative estimate of drug-likeness (QED) is 0.756. The van der Waals surface area contributed by atoms with E-state index in [1.165, 1.54) is 0 Å². The molecule has 1 aromatic rings. The second-order valence-electron chi connectivity index (χ2n) is 4.25. The predicted octanol–water partition coefficient (Wildman–Crippen LogP) is 1.12. The number of rotatable bonds is 6. The van der Waals surface area contributed by atoms with Crippen molar-refractivity contribution in [3.05, 3.63) is 18.0 Å². The van der Waals surface area contributed by atoms with Crippen LogP contribution in [0.5, 0.6) is 0 Å². The molecule has 0 spiro atoms. The standard InChI is InChI=1S/C12H21N3O2/c1-5-17-11(16)12(3,13-4)7-9-15-10(2)6-8-14-15/h6,8,13H,5,7,9H2,1-4H3. The number of esters is 1. The molecule has 96 valence electrons. The van der Waals surface area contributed by atoms with Crippen molar-refractivity contribution in [2.45, 2.75) is 39.3 Å². The van der Waals surface area contributed by atoms with Crippen LogP contribution in [-0.2, 0) is 16.1 Å². The summed E-state index contributed by atoms with van der Waals surface area (Å²) in [6, 6.07) is 1.95. The Morgan fingerprint density at radius 2 is 2.35 bits per heavy atom. The minimum absolute atomic E-state index is 0.215. The van der Waals surface area contributed by atoms with Gasteiger partial charge in [-0.05, 0) is 40.3 Å². The molecule has 1 atom stereocenters. The van der Waals surface area contributed by atoms with Gasteiger partial charge in [0, 0.05) is 18.4 Å². The number of carbonyl (C=O) groups is 1. The van der Waals surface area contributed by atoms with Gasteiger partial charge in [-0.2, -0.15) is 5.10 Å². The summed E-state index contributed by atoms with van der Waals surface area (Å²) in [5.41, 5.74) is 0.432. The van der Waals surface area contributed by atoms with Gasteiger partial charge in [-0.1, -0.05) is 0 Å². The average Bonchev–Trinajstić information content (AvgIpc) is 2.72. The Bertz CT molecular complexity index is 376. The Hall–Kier alpha value is -1.36. The smallest absolute Gasteiger partial charge is 0.326 e. The van der Waals surface area contributed by atoms with Gasteiger partial charge in [0.25, 0.3) is 0 Å². The first-order valence-corrected chi connectivity index (χ1v) is 5.88. The number of hydrogen-bond acceptors (Lipinski definition) is 4. The van der Waals surface area contributed by atoms with Crippen molar-refractivity contribution >= 4 is 5.97 Å². The normalized spacial score (nSPS) is 14.4. The summed E-state index contributed by atoms with van der Waals surface area (Å²) >= 11 is 0. The van der Waals surface area contributed by atoms with Gasteiger partial charge in [0.2, 0.25) is 0 Å². The summed E-state index contributed by atoms with van der Waals surface area (Å²) in [6.45, 7) is 6.75. The van der Waals surface area contributed by atoms with Gasteiger partial charge in [0.15, 0.2) is 0 Å². The summed E-state index contributed by atoms with van der Waals surface area (Å²) in [5.74, 6) is -0.215. The van der Waals surface area contributed by atoms with E-state index in [0.29, 0.717) is 19.6 Å². The summed E-state index contributed by atoms with van der Waals surface area (Å²) in [7, 11) is 1.77. The van der Waals surface area contributed by atoms with Crippen LogP contribution in [0.2, 0.25) is 0 Å². The fourth-order valence-corrected chi connectivity index (χ4v) is 1.58. The van der Waals surface area contributed by atoms with E-state index >= 15 is 0 Å². The SMILES string of the molecule is CCOC(=O)C(C)(CCn1nccc1C)NC. The highest BCUT2D eigenvalue weighted by Crippen LogP contribution is 2.13. The van der Waals surface area contributed by atoms with Crippen LogP contribution in [-0.4, -0.2) is 34.9 Å². The van der Waals surface area contributed by atoms with Crippen molar-refractivity contribution < 1.29 is 9.53 Å². The highest BCUT2D eigenvalue weighted by atomic mass is 16.5. The lowest BCUT2D eigenvalue weighted by Gasteiger charge is -2.26. The van der Waals surface area contributed by atoms with Crippen LogP contribution >= 0.6 is 0 Å². The van der Waals surface area contributed by atoms with Gasteiger partial charge in [-0.15, -0.1) is 0 Å². The third kappa shape index (κ3) is 3.30. The summed E-state index contributed by atoms with van der Waals surface area (Å²) in [6.07, 6.45) is 2.40. The summed E-state index contributed by atoms with van der Waals surface area (Å²) < 4.78 is 6.95. The zero-order valence-electron chi connectivity index (χ0n) is 11.0. The van der Waals surface area contributed by atoms with Gasteiger partial charge < -0.3 is 10.1 Å². The number of hydrogen-bond donors (Lipinski definition) is 1. The van der Waals surface area contributed by atoms with Crippen molar-refractivity contribution in [3.8, 4) is 0 Å². The average molecular weight is 239 g/mol. The van der Waals surface area contributed by atoms with Gasteiger partial charge in [-0.25, -0.2) is 0 Å². The Labute approximate surface area is 102 Å². The molecule has 0 aliphatic carbocycles. The van der Waals surface area contributed by atoms with Crippen molar-refractivity contribution in [3.63, 3.8) is 0 Å². The zero-order chi connectivity index (χ0) is 12.9. The molecular formula is C12H21N3O2. The highest BCUT2D eigenvalue weighted by molar-refractivity contribution is 5.80. The van der Waals surface area contributed by atoms with Crippen LogP contribution < -0.4 is 5.32 Å². The monoisotopic (exact) mass is 239 g/mol. The molecule has 0 saturated carbocycles. The largest absolute Gasteiger partial charge is 0.465 e. The lowest BCUT2D eigenvalue weighted by molar-refractivity contribution is -0.150. The molecule has 0 fully saturated rings. The number of aromatic nitrogens is 2. The van der Waals surface area contributed by atoms with Crippen LogP contribution in [0, 0.1) is 6.92 Å². The molecule has 1 unspecified atom stereocenters. The van der Waals surface area contributed by atoms with Crippen molar-refractivity contribution in [1.82, 2.24) is 15.1 Å². The van der Waals surface area contributed by atoms with Gasteiger partial charge >= 0.3 is 5.97 Å². The number of likely N-dealkylation sites (N-methyl/N-ethyl adjacent to an activating group) is 1. The zero-order valence-corrected chi connectivity index (χ0v) is 11.0. The highest BCUT2D eigenvalue weighted by Gasteiger charge is 2.32. The van der Waals surface area contributed by atoms with Crippen molar-refractivity contribution in [2.24, 2.45) is 0 Å². The maximum atomic E-state index is 11.8. The molecule has 0 bridgehead atoms. The van der Waals surface area contributed by atoms with Crippen LogP contribution in [0.1, 0.15) is 26.0 Å². The number of nitrogens with one attached hydrogen (secondary N) is 1.